The van der Waals surface area contributed by atoms with Gasteiger partial charge in [-0.25, -0.2) is 9.98 Å². The number of thiazole rings is 1. The maximum Gasteiger partial charge on any atom is 0.416 e. The summed E-state index contributed by atoms with van der Waals surface area (Å²) in [7, 11) is 1.86. The lowest BCUT2D eigenvalue weighted by atomic mass is 10.1. The van der Waals surface area contributed by atoms with Crippen LogP contribution in [0.4, 0.5) is 13.2 Å². The van der Waals surface area contributed by atoms with Crippen LogP contribution >= 0.6 is 35.3 Å². The van der Waals surface area contributed by atoms with Crippen LogP contribution in [0.1, 0.15) is 28.6 Å². The molecular formula is C17H22F3IN4S. The number of benzene rings is 1. The number of aryl methyl sites for hydroxylation is 1. The Morgan fingerprint density at radius 1 is 1.27 bits per heavy atom. The van der Waals surface area contributed by atoms with Crippen molar-refractivity contribution in [1.29, 1.82) is 0 Å². The van der Waals surface area contributed by atoms with Gasteiger partial charge in [0.1, 0.15) is 0 Å². The molecule has 0 aliphatic rings. The third-order valence-corrected chi connectivity index (χ3v) is 4.53. The normalized spacial score (nSPS) is 11.8. The summed E-state index contributed by atoms with van der Waals surface area (Å²) >= 11 is 1.56. The Kier molecular flexibility index (Phi) is 8.81. The molecule has 26 heavy (non-hydrogen) atoms. The van der Waals surface area contributed by atoms with E-state index in [0.717, 1.165) is 28.3 Å². The number of hydrogen-bond donors (Lipinski definition) is 1. The fraction of sp³-hybridized carbons (Fsp3) is 0.412. The lowest BCUT2D eigenvalue weighted by Gasteiger charge is -2.22. The number of alkyl halides is 3. The van der Waals surface area contributed by atoms with Crippen LogP contribution in [-0.2, 0) is 19.3 Å². The van der Waals surface area contributed by atoms with Crippen molar-refractivity contribution in [3.63, 3.8) is 0 Å². The van der Waals surface area contributed by atoms with Crippen molar-refractivity contribution < 1.29 is 13.2 Å². The molecule has 1 aromatic heterocycles. The summed E-state index contributed by atoms with van der Waals surface area (Å²) in [6, 6.07) is 5.20. The van der Waals surface area contributed by atoms with Gasteiger partial charge in [-0.05, 0) is 31.5 Å². The van der Waals surface area contributed by atoms with E-state index < -0.39 is 11.7 Å². The van der Waals surface area contributed by atoms with E-state index in [-0.39, 0.29) is 24.0 Å². The van der Waals surface area contributed by atoms with Crippen molar-refractivity contribution in [2.75, 3.05) is 13.6 Å². The van der Waals surface area contributed by atoms with Crippen LogP contribution in [-0.4, -0.2) is 29.4 Å². The number of rotatable bonds is 5. The summed E-state index contributed by atoms with van der Waals surface area (Å²) in [5, 5.41) is 3.20. The van der Waals surface area contributed by atoms with Gasteiger partial charge in [0.25, 0.3) is 0 Å². The van der Waals surface area contributed by atoms with Crippen molar-refractivity contribution in [2.45, 2.75) is 33.1 Å². The zero-order valence-corrected chi connectivity index (χ0v) is 17.9. The lowest BCUT2D eigenvalue weighted by molar-refractivity contribution is -0.137. The highest BCUT2D eigenvalue weighted by molar-refractivity contribution is 14.0. The van der Waals surface area contributed by atoms with E-state index in [9.17, 15) is 13.2 Å². The minimum atomic E-state index is -4.31. The van der Waals surface area contributed by atoms with Gasteiger partial charge >= 0.3 is 6.18 Å². The SMILES string of the molecule is CCNC(=NCc1scnc1C)N(C)Cc1ccc(C(F)(F)F)cc1.I. The molecule has 1 aromatic carbocycles. The molecule has 4 nitrogen and oxygen atoms in total. The summed E-state index contributed by atoms with van der Waals surface area (Å²) in [4.78, 5) is 11.8. The highest BCUT2D eigenvalue weighted by Crippen LogP contribution is 2.29. The van der Waals surface area contributed by atoms with Crippen molar-refractivity contribution >= 4 is 41.3 Å². The molecule has 2 rings (SSSR count). The minimum Gasteiger partial charge on any atom is -0.357 e. The monoisotopic (exact) mass is 498 g/mol. The third-order valence-electron chi connectivity index (χ3n) is 3.61. The second-order valence-electron chi connectivity index (χ2n) is 5.58. The zero-order valence-electron chi connectivity index (χ0n) is 14.8. The number of halogens is 4. The molecule has 1 heterocycles. The van der Waals surface area contributed by atoms with Gasteiger partial charge in [0, 0.05) is 25.0 Å². The second-order valence-corrected chi connectivity index (χ2v) is 6.52. The lowest BCUT2D eigenvalue weighted by Crippen LogP contribution is -2.38. The van der Waals surface area contributed by atoms with Crippen molar-refractivity contribution in [2.24, 2.45) is 4.99 Å². The van der Waals surface area contributed by atoms with Gasteiger partial charge in [0.15, 0.2) is 5.96 Å². The fourth-order valence-corrected chi connectivity index (χ4v) is 2.94. The van der Waals surface area contributed by atoms with Crippen LogP contribution in [0.15, 0.2) is 34.8 Å². The average Bonchev–Trinajstić information content (AvgIpc) is 2.96. The van der Waals surface area contributed by atoms with E-state index in [1.165, 1.54) is 12.1 Å². The number of hydrogen-bond acceptors (Lipinski definition) is 3. The smallest absolute Gasteiger partial charge is 0.357 e. The Morgan fingerprint density at radius 2 is 1.92 bits per heavy atom. The molecular weight excluding hydrogens is 476 g/mol. The Hall–Kier alpha value is -1.36. The number of aromatic nitrogens is 1. The molecule has 0 atom stereocenters. The van der Waals surface area contributed by atoms with E-state index in [4.69, 9.17) is 0 Å². The largest absolute Gasteiger partial charge is 0.416 e. The first-order chi connectivity index (χ1) is 11.8. The Labute approximate surface area is 172 Å². The molecule has 1 N–H and O–H groups in total. The van der Waals surface area contributed by atoms with E-state index >= 15 is 0 Å². The molecule has 2 aromatic rings. The molecule has 0 fully saturated rings. The molecule has 0 saturated heterocycles. The first-order valence-electron chi connectivity index (χ1n) is 7.85. The maximum atomic E-state index is 12.6. The van der Waals surface area contributed by atoms with Crippen LogP contribution < -0.4 is 5.32 Å². The summed E-state index contributed by atoms with van der Waals surface area (Å²) in [5.41, 5.74) is 2.91. The minimum absolute atomic E-state index is 0. The molecule has 0 spiro atoms. The van der Waals surface area contributed by atoms with Gasteiger partial charge in [-0.1, -0.05) is 12.1 Å². The molecule has 0 aliphatic carbocycles. The third kappa shape index (κ3) is 6.42. The van der Waals surface area contributed by atoms with Crippen LogP contribution in [0, 0.1) is 6.92 Å². The van der Waals surface area contributed by atoms with Crippen LogP contribution in [0.2, 0.25) is 0 Å². The molecule has 0 amide bonds. The Bertz CT molecular complexity index is 714. The van der Waals surface area contributed by atoms with Crippen molar-refractivity contribution in [3.05, 3.63) is 51.5 Å². The van der Waals surface area contributed by atoms with E-state index in [1.54, 1.807) is 16.8 Å². The molecule has 0 unspecified atom stereocenters. The van der Waals surface area contributed by atoms with E-state index in [2.05, 4.69) is 15.3 Å². The molecule has 144 valence electrons. The van der Waals surface area contributed by atoms with E-state index in [1.807, 2.05) is 25.8 Å². The van der Waals surface area contributed by atoms with Crippen LogP contribution in [0.5, 0.6) is 0 Å². The quantitative estimate of drug-likeness (QED) is 0.370. The highest BCUT2D eigenvalue weighted by Gasteiger charge is 2.29. The predicted octanol–water partition coefficient (Wildman–Crippen LogP) is 4.69. The zero-order chi connectivity index (χ0) is 18.4. The van der Waals surface area contributed by atoms with Gasteiger partial charge in [0.05, 0.1) is 23.3 Å². The molecule has 0 bridgehead atoms. The topological polar surface area (TPSA) is 40.5 Å². The summed E-state index contributed by atoms with van der Waals surface area (Å²) < 4.78 is 37.9. The van der Waals surface area contributed by atoms with Crippen LogP contribution in [0.25, 0.3) is 0 Å². The van der Waals surface area contributed by atoms with Crippen molar-refractivity contribution in [3.8, 4) is 0 Å². The highest BCUT2D eigenvalue weighted by atomic mass is 127. The van der Waals surface area contributed by atoms with Crippen molar-refractivity contribution in [1.82, 2.24) is 15.2 Å². The van der Waals surface area contributed by atoms with Gasteiger partial charge < -0.3 is 10.2 Å². The predicted molar refractivity (Wildman–Crippen MR) is 110 cm³/mol. The first-order valence-corrected chi connectivity index (χ1v) is 8.73. The average molecular weight is 498 g/mol. The number of nitrogens with zero attached hydrogens (tertiary/aromatic N) is 3. The summed E-state index contributed by atoms with van der Waals surface area (Å²) in [6.07, 6.45) is -4.31. The summed E-state index contributed by atoms with van der Waals surface area (Å²) in [5.74, 6) is 0.704. The Balaban J connectivity index is 0.00000338. The van der Waals surface area contributed by atoms with E-state index in [0.29, 0.717) is 25.6 Å². The molecule has 0 aliphatic heterocycles. The second kappa shape index (κ2) is 10.1. The maximum absolute atomic E-state index is 12.6. The van der Waals surface area contributed by atoms with Gasteiger partial charge in [-0.2, -0.15) is 13.2 Å². The number of guanidine groups is 1. The molecule has 0 saturated carbocycles. The molecule has 9 heteroatoms. The number of nitrogens with one attached hydrogen (secondary N) is 1. The standard InChI is InChI=1S/C17H21F3N4S.HI/c1-4-21-16(22-9-15-12(2)23-11-25-15)24(3)10-13-5-7-14(8-6-13)17(18,19)20;/h5-8,11H,4,9-10H2,1-3H3,(H,21,22);1H. The van der Waals surface area contributed by atoms with Crippen LogP contribution in [0.3, 0.4) is 0 Å². The Morgan fingerprint density at radius 3 is 2.42 bits per heavy atom. The molecule has 0 radical (unpaired) electrons. The fourth-order valence-electron chi connectivity index (χ4n) is 2.24. The number of aliphatic imine (C=N–C) groups is 1. The first kappa shape index (κ1) is 22.7. The van der Waals surface area contributed by atoms with Gasteiger partial charge in [-0.3, -0.25) is 0 Å². The summed E-state index contributed by atoms with van der Waals surface area (Å²) in [6.45, 7) is 5.61. The van der Waals surface area contributed by atoms with Gasteiger partial charge in [0.2, 0.25) is 0 Å². The van der Waals surface area contributed by atoms with Gasteiger partial charge in [-0.15, -0.1) is 35.3 Å².